The number of amides is 1. The van der Waals surface area contributed by atoms with Gasteiger partial charge in [-0.2, -0.15) is 0 Å². The van der Waals surface area contributed by atoms with Gasteiger partial charge in [0, 0.05) is 12.1 Å². The van der Waals surface area contributed by atoms with Crippen LogP contribution in [0.5, 0.6) is 11.5 Å². The number of hydrogen-bond donors (Lipinski definition) is 3. The Morgan fingerprint density at radius 3 is 2.28 bits per heavy atom. The molecule has 3 rings (SSSR count). The van der Waals surface area contributed by atoms with Crippen LogP contribution >= 0.6 is 0 Å². The number of nitrogens with one attached hydrogen (secondary N) is 3. The topological polar surface area (TPSA) is 56.4 Å². The molecule has 0 aliphatic carbocycles. The van der Waals surface area contributed by atoms with E-state index in [1.807, 2.05) is 18.2 Å². The van der Waals surface area contributed by atoms with Crippen LogP contribution in [0.15, 0.2) is 48.5 Å². The fourth-order valence-corrected chi connectivity index (χ4v) is 3.87. The van der Waals surface area contributed by atoms with E-state index in [-0.39, 0.29) is 5.91 Å². The SMILES string of the molecule is COc1ccc(CCNC(=O)C[NH+]2CC[NH+](Cc3ccccc3)CC2)cc1OC. The van der Waals surface area contributed by atoms with Crippen molar-refractivity contribution >= 4 is 5.91 Å². The van der Waals surface area contributed by atoms with Crippen molar-refractivity contribution in [2.75, 3.05) is 53.5 Å². The van der Waals surface area contributed by atoms with E-state index in [2.05, 4.69) is 35.6 Å². The van der Waals surface area contributed by atoms with Crippen molar-refractivity contribution < 1.29 is 24.1 Å². The third-order valence-corrected chi connectivity index (χ3v) is 5.56. The van der Waals surface area contributed by atoms with Crippen LogP contribution in [0.2, 0.25) is 0 Å². The molecule has 0 bridgehead atoms. The second-order valence-corrected chi connectivity index (χ2v) is 7.63. The van der Waals surface area contributed by atoms with Crippen LogP contribution in [0.3, 0.4) is 0 Å². The highest BCUT2D eigenvalue weighted by Gasteiger charge is 2.24. The smallest absolute Gasteiger partial charge is 0.275 e. The molecule has 1 saturated heterocycles. The largest absolute Gasteiger partial charge is 0.493 e. The van der Waals surface area contributed by atoms with Crippen LogP contribution in [-0.2, 0) is 17.8 Å². The molecule has 3 N–H and O–H groups in total. The molecular weight excluding hydrogens is 366 g/mol. The molecule has 0 radical (unpaired) electrons. The number of quaternary nitrogens is 2. The highest BCUT2D eigenvalue weighted by Crippen LogP contribution is 2.27. The lowest BCUT2D eigenvalue weighted by atomic mass is 10.1. The minimum absolute atomic E-state index is 0.131. The number of methoxy groups -OCH3 is 2. The second-order valence-electron chi connectivity index (χ2n) is 7.63. The zero-order valence-corrected chi connectivity index (χ0v) is 17.5. The van der Waals surface area contributed by atoms with E-state index in [0.717, 1.165) is 56.2 Å². The predicted octanol–water partition coefficient (Wildman–Crippen LogP) is -0.654. The van der Waals surface area contributed by atoms with Crippen LogP contribution in [0.4, 0.5) is 0 Å². The van der Waals surface area contributed by atoms with E-state index >= 15 is 0 Å². The average molecular weight is 400 g/mol. The van der Waals surface area contributed by atoms with E-state index in [1.54, 1.807) is 19.1 Å². The summed E-state index contributed by atoms with van der Waals surface area (Å²) in [6.45, 7) is 6.59. The van der Waals surface area contributed by atoms with E-state index in [0.29, 0.717) is 13.1 Å². The number of piperazine rings is 1. The maximum absolute atomic E-state index is 12.3. The number of ether oxygens (including phenoxy) is 2. The maximum Gasteiger partial charge on any atom is 0.275 e. The van der Waals surface area contributed by atoms with Gasteiger partial charge in [0.2, 0.25) is 0 Å². The molecule has 2 aromatic rings. The van der Waals surface area contributed by atoms with E-state index in [4.69, 9.17) is 9.47 Å². The Morgan fingerprint density at radius 1 is 0.897 bits per heavy atom. The molecule has 1 aliphatic rings. The molecule has 29 heavy (non-hydrogen) atoms. The lowest BCUT2D eigenvalue weighted by molar-refractivity contribution is -1.02. The van der Waals surface area contributed by atoms with Gasteiger partial charge < -0.3 is 24.6 Å². The van der Waals surface area contributed by atoms with Crippen molar-refractivity contribution in [2.24, 2.45) is 0 Å². The highest BCUT2D eigenvalue weighted by molar-refractivity contribution is 5.76. The zero-order valence-electron chi connectivity index (χ0n) is 17.5. The fraction of sp³-hybridized carbons (Fsp3) is 0.435. The molecule has 1 amide bonds. The Labute approximate surface area is 173 Å². The van der Waals surface area contributed by atoms with Crippen molar-refractivity contribution in [3.05, 3.63) is 59.7 Å². The first-order valence-corrected chi connectivity index (χ1v) is 10.4. The lowest BCUT2D eigenvalue weighted by Gasteiger charge is -2.29. The minimum Gasteiger partial charge on any atom is -0.493 e. The Balaban J connectivity index is 1.35. The first kappa shape index (κ1) is 21.1. The summed E-state index contributed by atoms with van der Waals surface area (Å²) >= 11 is 0. The van der Waals surface area contributed by atoms with Gasteiger partial charge >= 0.3 is 0 Å². The first-order valence-electron chi connectivity index (χ1n) is 10.4. The predicted molar refractivity (Wildman–Crippen MR) is 113 cm³/mol. The molecule has 0 unspecified atom stereocenters. The Hall–Kier alpha value is -2.57. The highest BCUT2D eigenvalue weighted by atomic mass is 16.5. The van der Waals surface area contributed by atoms with Crippen molar-refractivity contribution in [2.45, 2.75) is 13.0 Å². The number of hydrogen-bond acceptors (Lipinski definition) is 3. The molecule has 6 nitrogen and oxygen atoms in total. The van der Waals surface area contributed by atoms with E-state index in [1.165, 1.54) is 10.5 Å². The Bertz CT molecular complexity index is 774. The number of benzene rings is 2. The molecule has 0 spiro atoms. The lowest BCUT2D eigenvalue weighted by Crippen LogP contribution is -3.28. The molecule has 0 atom stereocenters. The Morgan fingerprint density at radius 2 is 1.59 bits per heavy atom. The third kappa shape index (κ3) is 6.48. The fourth-order valence-electron chi connectivity index (χ4n) is 3.87. The molecule has 2 aromatic carbocycles. The maximum atomic E-state index is 12.3. The number of rotatable bonds is 9. The van der Waals surface area contributed by atoms with Crippen LogP contribution in [-0.4, -0.2) is 59.4 Å². The van der Waals surface area contributed by atoms with Crippen LogP contribution in [0.25, 0.3) is 0 Å². The summed E-state index contributed by atoms with van der Waals surface area (Å²) in [6, 6.07) is 16.5. The summed E-state index contributed by atoms with van der Waals surface area (Å²) < 4.78 is 10.6. The van der Waals surface area contributed by atoms with Crippen LogP contribution < -0.4 is 24.6 Å². The van der Waals surface area contributed by atoms with Gasteiger partial charge in [-0.25, -0.2) is 0 Å². The summed E-state index contributed by atoms with van der Waals surface area (Å²) in [6.07, 6.45) is 0.774. The number of carbonyl (C=O) groups excluding carboxylic acids is 1. The quantitative estimate of drug-likeness (QED) is 0.525. The summed E-state index contributed by atoms with van der Waals surface area (Å²) in [5, 5.41) is 3.06. The molecule has 0 saturated carbocycles. The van der Waals surface area contributed by atoms with Gasteiger partial charge in [0.25, 0.3) is 5.91 Å². The summed E-state index contributed by atoms with van der Waals surface area (Å²) in [7, 11) is 3.26. The van der Waals surface area contributed by atoms with Crippen LogP contribution in [0, 0.1) is 0 Å². The van der Waals surface area contributed by atoms with Gasteiger partial charge in [0.1, 0.15) is 32.7 Å². The molecule has 1 heterocycles. The van der Waals surface area contributed by atoms with Crippen molar-refractivity contribution in [1.29, 1.82) is 0 Å². The van der Waals surface area contributed by atoms with Gasteiger partial charge in [0.15, 0.2) is 18.0 Å². The molecule has 0 aromatic heterocycles. The minimum atomic E-state index is 0.131. The molecular formula is C23H33N3O3+2. The molecule has 1 aliphatic heterocycles. The van der Waals surface area contributed by atoms with E-state index < -0.39 is 0 Å². The van der Waals surface area contributed by atoms with E-state index in [9.17, 15) is 4.79 Å². The molecule has 1 fully saturated rings. The monoisotopic (exact) mass is 399 g/mol. The van der Waals surface area contributed by atoms with Crippen molar-refractivity contribution in [3.63, 3.8) is 0 Å². The van der Waals surface area contributed by atoms with Crippen LogP contribution in [0.1, 0.15) is 11.1 Å². The van der Waals surface area contributed by atoms with Gasteiger partial charge in [-0.15, -0.1) is 0 Å². The summed E-state index contributed by atoms with van der Waals surface area (Å²) in [5.41, 5.74) is 2.51. The van der Waals surface area contributed by atoms with Gasteiger partial charge in [0.05, 0.1) is 14.2 Å². The Kier molecular flexibility index (Phi) is 7.90. The molecule has 6 heteroatoms. The van der Waals surface area contributed by atoms with Crippen molar-refractivity contribution in [3.8, 4) is 11.5 Å². The van der Waals surface area contributed by atoms with Gasteiger partial charge in [-0.1, -0.05) is 36.4 Å². The standard InChI is InChI=1S/C23H31N3O3/c1-28-21-9-8-19(16-22(21)29-2)10-11-24-23(27)18-26-14-12-25(13-15-26)17-20-6-4-3-5-7-20/h3-9,16H,10-15,17-18H2,1-2H3,(H,24,27)/p+2. The second kappa shape index (κ2) is 10.8. The average Bonchev–Trinajstić information content (AvgIpc) is 2.75. The third-order valence-electron chi connectivity index (χ3n) is 5.56. The molecule has 156 valence electrons. The van der Waals surface area contributed by atoms with Gasteiger partial charge in [-0.05, 0) is 24.1 Å². The first-order chi connectivity index (χ1) is 14.2. The summed E-state index contributed by atoms with van der Waals surface area (Å²) in [4.78, 5) is 15.3. The van der Waals surface area contributed by atoms with Crippen molar-refractivity contribution in [1.82, 2.24) is 5.32 Å². The zero-order chi connectivity index (χ0) is 20.5. The number of carbonyl (C=O) groups is 1. The van der Waals surface area contributed by atoms with Gasteiger partial charge in [-0.3, -0.25) is 4.79 Å². The summed E-state index contributed by atoms with van der Waals surface area (Å²) in [5.74, 6) is 1.57. The normalized spacial score (nSPS) is 18.8.